The number of nitrogens with one attached hydrogen (secondary N) is 1. The van der Waals surface area contributed by atoms with Crippen LogP contribution in [-0.4, -0.2) is 20.6 Å². The van der Waals surface area contributed by atoms with E-state index in [2.05, 4.69) is 4.98 Å². The van der Waals surface area contributed by atoms with Gasteiger partial charge < -0.3 is 5.11 Å². The molecule has 116 valence electrons. The number of rotatable bonds is 3. The second-order valence-electron chi connectivity index (χ2n) is 4.99. The summed E-state index contributed by atoms with van der Waals surface area (Å²) in [5, 5.41) is 9.06. The number of halogens is 1. The van der Waals surface area contributed by atoms with Crippen molar-refractivity contribution in [2.45, 2.75) is 6.54 Å². The Hall–Kier alpha value is -3.22. The molecule has 0 unspecified atom stereocenters. The molecule has 7 heteroatoms. The summed E-state index contributed by atoms with van der Waals surface area (Å²) in [5.74, 6) is -1.79. The first kappa shape index (κ1) is 14.7. The molecule has 1 aromatic heterocycles. The fourth-order valence-electron chi connectivity index (χ4n) is 2.44. The number of nitrogens with zero attached hydrogens (tertiary/aromatic N) is 1. The van der Waals surface area contributed by atoms with Crippen molar-refractivity contribution in [3.63, 3.8) is 0 Å². The molecule has 2 aromatic carbocycles. The van der Waals surface area contributed by atoms with E-state index in [4.69, 9.17) is 5.11 Å². The minimum Gasteiger partial charge on any atom is -0.478 e. The van der Waals surface area contributed by atoms with Crippen molar-refractivity contribution in [3.05, 3.63) is 80.2 Å². The Bertz CT molecular complexity index is 1040. The van der Waals surface area contributed by atoms with Gasteiger partial charge in [0.25, 0.3) is 5.56 Å². The SMILES string of the molecule is O=C(O)c1cccc(Cn2c(=O)[nH]c(=O)c3cccc(F)c32)c1. The van der Waals surface area contributed by atoms with E-state index in [1.54, 1.807) is 6.07 Å². The largest absolute Gasteiger partial charge is 0.478 e. The number of aromatic amines is 1. The number of hydrogen-bond donors (Lipinski definition) is 2. The first-order chi connectivity index (χ1) is 11.0. The van der Waals surface area contributed by atoms with Gasteiger partial charge in [0, 0.05) is 0 Å². The molecular formula is C16H11FN2O4. The summed E-state index contributed by atoms with van der Waals surface area (Å²) in [7, 11) is 0. The zero-order valence-electron chi connectivity index (χ0n) is 11.7. The van der Waals surface area contributed by atoms with Gasteiger partial charge in [0.1, 0.15) is 5.82 Å². The summed E-state index contributed by atoms with van der Waals surface area (Å²) in [4.78, 5) is 37.0. The van der Waals surface area contributed by atoms with Crippen LogP contribution < -0.4 is 11.2 Å². The number of carboxylic acid groups (broad SMARTS) is 1. The number of carboxylic acids is 1. The number of para-hydroxylation sites is 1. The first-order valence-electron chi connectivity index (χ1n) is 6.71. The monoisotopic (exact) mass is 314 g/mol. The Morgan fingerprint density at radius 3 is 2.65 bits per heavy atom. The Morgan fingerprint density at radius 1 is 1.17 bits per heavy atom. The van der Waals surface area contributed by atoms with E-state index < -0.39 is 23.0 Å². The van der Waals surface area contributed by atoms with Crippen molar-refractivity contribution in [2.24, 2.45) is 0 Å². The van der Waals surface area contributed by atoms with Crippen LogP contribution in [0.5, 0.6) is 0 Å². The van der Waals surface area contributed by atoms with E-state index >= 15 is 0 Å². The molecule has 0 aliphatic rings. The van der Waals surface area contributed by atoms with E-state index in [1.807, 2.05) is 0 Å². The lowest BCUT2D eigenvalue weighted by Gasteiger charge is -2.10. The third kappa shape index (κ3) is 2.64. The van der Waals surface area contributed by atoms with Crippen molar-refractivity contribution in [2.75, 3.05) is 0 Å². The lowest BCUT2D eigenvalue weighted by molar-refractivity contribution is 0.0696. The smallest absolute Gasteiger partial charge is 0.335 e. The van der Waals surface area contributed by atoms with Crippen molar-refractivity contribution in [3.8, 4) is 0 Å². The quantitative estimate of drug-likeness (QED) is 0.767. The van der Waals surface area contributed by atoms with Gasteiger partial charge in [-0.3, -0.25) is 14.3 Å². The lowest BCUT2D eigenvalue weighted by atomic mass is 10.1. The molecule has 0 spiro atoms. The third-order valence-electron chi connectivity index (χ3n) is 3.48. The summed E-state index contributed by atoms with van der Waals surface area (Å²) in [6.45, 7) is -0.0613. The molecule has 0 radical (unpaired) electrons. The normalized spacial score (nSPS) is 10.8. The molecular weight excluding hydrogens is 303 g/mol. The van der Waals surface area contributed by atoms with Crippen LogP contribution in [0.15, 0.2) is 52.1 Å². The van der Waals surface area contributed by atoms with Crippen LogP contribution in [0, 0.1) is 5.82 Å². The molecule has 0 fully saturated rings. The lowest BCUT2D eigenvalue weighted by Crippen LogP contribution is -2.31. The average molecular weight is 314 g/mol. The summed E-state index contributed by atoms with van der Waals surface area (Å²) >= 11 is 0. The molecule has 2 N–H and O–H groups in total. The number of aromatic carboxylic acids is 1. The Morgan fingerprint density at radius 2 is 1.91 bits per heavy atom. The van der Waals surface area contributed by atoms with Gasteiger partial charge in [0.15, 0.2) is 0 Å². The molecule has 3 aromatic rings. The molecule has 0 bridgehead atoms. The van der Waals surface area contributed by atoms with Crippen molar-refractivity contribution in [1.29, 1.82) is 0 Å². The van der Waals surface area contributed by atoms with Gasteiger partial charge in [0.2, 0.25) is 0 Å². The summed E-state index contributed by atoms with van der Waals surface area (Å²) in [5.41, 5.74) is -0.969. The number of hydrogen-bond acceptors (Lipinski definition) is 3. The Kier molecular flexibility index (Phi) is 3.53. The van der Waals surface area contributed by atoms with Crippen LogP contribution in [0.2, 0.25) is 0 Å². The van der Waals surface area contributed by atoms with Crippen LogP contribution in [0.4, 0.5) is 4.39 Å². The predicted octanol–water partition coefficient (Wildman–Crippen LogP) is 1.58. The van der Waals surface area contributed by atoms with E-state index in [0.29, 0.717) is 5.56 Å². The standard InChI is InChI=1S/C16H11FN2O4/c17-12-6-2-5-11-13(12)19(16(23)18-14(11)20)8-9-3-1-4-10(7-9)15(21)22/h1-7H,8H2,(H,21,22)(H,18,20,23). The maximum Gasteiger partial charge on any atom is 0.335 e. The molecule has 0 amide bonds. The highest BCUT2D eigenvalue weighted by Crippen LogP contribution is 2.14. The Labute approximate surface area is 128 Å². The highest BCUT2D eigenvalue weighted by Gasteiger charge is 2.12. The van der Waals surface area contributed by atoms with Crippen LogP contribution in [0.3, 0.4) is 0 Å². The maximum absolute atomic E-state index is 14.1. The minimum atomic E-state index is -1.10. The minimum absolute atomic E-state index is 0.0546. The number of H-pyrrole nitrogens is 1. The van der Waals surface area contributed by atoms with Crippen LogP contribution in [0.1, 0.15) is 15.9 Å². The molecule has 3 rings (SSSR count). The fraction of sp³-hybridized carbons (Fsp3) is 0.0625. The fourth-order valence-corrected chi connectivity index (χ4v) is 2.44. The van der Waals surface area contributed by atoms with Gasteiger partial charge in [-0.2, -0.15) is 0 Å². The predicted molar refractivity (Wildman–Crippen MR) is 81.3 cm³/mol. The average Bonchev–Trinajstić information content (AvgIpc) is 2.52. The van der Waals surface area contributed by atoms with Crippen LogP contribution in [0.25, 0.3) is 10.9 Å². The van der Waals surface area contributed by atoms with Gasteiger partial charge in [0.05, 0.1) is 23.0 Å². The van der Waals surface area contributed by atoms with E-state index in [-0.39, 0.29) is 23.0 Å². The van der Waals surface area contributed by atoms with E-state index in [9.17, 15) is 18.8 Å². The molecule has 6 nitrogen and oxygen atoms in total. The number of benzene rings is 2. The third-order valence-corrected chi connectivity index (χ3v) is 3.48. The number of fused-ring (bicyclic) bond motifs is 1. The first-order valence-corrected chi connectivity index (χ1v) is 6.71. The summed E-state index contributed by atoms with van der Waals surface area (Å²) < 4.78 is 15.2. The second-order valence-corrected chi connectivity index (χ2v) is 4.99. The molecule has 23 heavy (non-hydrogen) atoms. The number of carbonyl (C=O) groups is 1. The second kappa shape index (κ2) is 5.53. The summed E-state index contributed by atoms with van der Waals surface area (Å²) in [6, 6.07) is 9.93. The Balaban J connectivity index is 2.21. The zero-order chi connectivity index (χ0) is 16.6. The van der Waals surface area contributed by atoms with Crippen molar-refractivity contribution >= 4 is 16.9 Å². The number of aromatic nitrogens is 2. The van der Waals surface area contributed by atoms with E-state index in [0.717, 1.165) is 10.6 Å². The van der Waals surface area contributed by atoms with Crippen LogP contribution >= 0.6 is 0 Å². The molecule has 0 saturated carbocycles. The summed E-state index contributed by atoms with van der Waals surface area (Å²) in [6.07, 6.45) is 0. The van der Waals surface area contributed by atoms with Gasteiger partial charge >= 0.3 is 11.7 Å². The molecule has 1 heterocycles. The molecule has 0 atom stereocenters. The van der Waals surface area contributed by atoms with Gasteiger partial charge in [-0.1, -0.05) is 18.2 Å². The molecule has 0 aliphatic carbocycles. The van der Waals surface area contributed by atoms with E-state index in [1.165, 1.54) is 30.3 Å². The highest BCUT2D eigenvalue weighted by atomic mass is 19.1. The van der Waals surface area contributed by atoms with Gasteiger partial charge in [-0.25, -0.2) is 14.0 Å². The maximum atomic E-state index is 14.1. The van der Waals surface area contributed by atoms with Crippen LogP contribution in [-0.2, 0) is 6.54 Å². The topological polar surface area (TPSA) is 92.2 Å². The van der Waals surface area contributed by atoms with Crippen molar-refractivity contribution < 1.29 is 14.3 Å². The highest BCUT2D eigenvalue weighted by molar-refractivity contribution is 5.87. The zero-order valence-corrected chi connectivity index (χ0v) is 11.7. The molecule has 0 aliphatic heterocycles. The van der Waals surface area contributed by atoms with Gasteiger partial charge in [-0.15, -0.1) is 0 Å². The van der Waals surface area contributed by atoms with Crippen molar-refractivity contribution in [1.82, 2.24) is 9.55 Å². The van der Waals surface area contributed by atoms with Gasteiger partial charge in [-0.05, 0) is 29.8 Å². The molecule has 0 saturated heterocycles.